The van der Waals surface area contributed by atoms with Crippen LogP contribution in [0.15, 0.2) is 29.8 Å². The fourth-order valence-corrected chi connectivity index (χ4v) is 1.76. The first-order chi connectivity index (χ1) is 7.19. The molecule has 0 saturated heterocycles. The molecule has 0 unspecified atom stereocenters. The van der Waals surface area contributed by atoms with Crippen LogP contribution in [0, 0.1) is 0 Å². The van der Waals surface area contributed by atoms with Gasteiger partial charge < -0.3 is 10.4 Å². The van der Waals surface area contributed by atoms with Crippen LogP contribution < -0.4 is 5.32 Å². The van der Waals surface area contributed by atoms with Gasteiger partial charge in [-0.2, -0.15) is 0 Å². The number of hydrogen-bond donors (Lipinski definition) is 2. The zero-order chi connectivity index (χ0) is 10.8. The average molecular weight is 203 g/mol. The van der Waals surface area contributed by atoms with Gasteiger partial charge in [-0.1, -0.05) is 17.7 Å². The summed E-state index contributed by atoms with van der Waals surface area (Å²) in [7, 11) is 0. The van der Waals surface area contributed by atoms with Crippen molar-refractivity contribution in [2.24, 2.45) is 0 Å². The zero-order valence-electron chi connectivity index (χ0n) is 8.58. The molecule has 2 rings (SSSR count). The molecule has 15 heavy (non-hydrogen) atoms. The third kappa shape index (κ3) is 2.07. The van der Waals surface area contributed by atoms with Crippen molar-refractivity contribution in [1.29, 1.82) is 0 Å². The largest absolute Gasteiger partial charge is 0.392 e. The summed E-state index contributed by atoms with van der Waals surface area (Å²) in [5.41, 5.74) is 3.80. The highest BCUT2D eigenvalue weighted by Crippen LogP contribution is 2.23. The van der Waals surface area contributed by atoms with E-state index in [1.165, 1.54) is 0 Å². The second kappa shape index (κ2) is 3.87. The van der Waals surface area contributed by atoms with Crippen molar-refractivity contribution in [3.8, 4) is 0 Å². The molecule has 3 nitrogen and oxygen atoms in total. The quantitative estimate of drug-likeness (QED) is 0.728. The van der Waals surface area contributed by atoms with Gasteiger partial charge in [0.25, 0.3) is 0 Å². The molecule has 3 heteroatoms. The maximum Gasteiger partial charge on any atom is 0.248 e. The van der Waals surface area contributed by atoms with Gasteiger partial charge in [0.2, 0.25) is 5.91 Å². The Morgan fingerprint density at radius 2 is 2.27 bits per heavy atom. The number of aliphatic hydroxyl groups excluding tert-OH is 1. The maximum absolute atomic E-state index is 11.4. The molecule has 0 atom stereocenters. The Hall–Kier alpha value is -1.61. The van der Waals surface area contributed by atoms with E-state index in [-0.39, 0.29) is 12.5 Å². The number of amides is 1. The van der Waals surface area contributed by atoms with Gasteiger partial charge in [-0.05, 0) is 30.5 Å². The van der Waals surface area contributed by atoms with Crippen molar-refractivity contribution < 1.29 is 9.90 Å². The second-order valence-electron chi connectivity index (χ2n) is 3.81. The monoisotopic (exact) mass is 203 g/mol. The Bertz CT molecular complexity index is 435. The lowest BCUT2D eigenvalue weighted by Crippen LogP contribution is -2.07. The summed E-state index contributed by atoms with van der Waals surface area (Å²) in [5, 5.41) is 11.8. The van der Waals surface area contributed by atoms with Gasteiger partial charge in [-0.25, -0.2) is 0 Å². The molecule has 0 spiro atoms. The number of nitrogens with one attached hydrogen (secondary N) is 1. The summed E-state index contributed by atoms with van der Waals surface area (Å²) in [6, 6.07) is 5.59. The SMILES string of the molecule is CC1=CC(=O)Nc2ccc(CO)cc2C1. The summed E-state index contributed by atoms with van der Waals surface area (Å²) in [6.07, 6.45) is 2.36. The molecule has 1 aliphatic rings. The second-order valence-corrected chi connectivity index (χ2v) is 3.81. The van der Waals surface area contributed by atoms with Gasteiger partial charge in [-0.15, -0.1) is 0 Å². The standard InChI is InChI=1S/C12H13NO2/c1-8-4-10-6-9(7-14)2-3-11(10)13-12(15)5-8/h2-3,5-6,14H,4,7H2,1H3,(H,13,15). The van der Waals surface area contributed by atoms with Gasteiger partial charge in [0.15, 0.2) is 0 Å². The first-order valence-electron chi connectivity index (χ1n) is 4.90. The minimum Gasteiger partial charge on any atom is -0.392 e. The number of rotatable bonds is 1. The van der Waals surface area contributed by atoms with Crippen molar-refractivity contribution in [2.45, 2.75) is 20.0 Å². The van der Waals surface area contributed by atoms with E-state index in [1.54, 1.807) is 6.08 Å². The minimum atomic E-state index is -0.0806. The lowest BCUT2D eigenvalue weighted by atomic mass is 10.0. The van der Waals surface area contributed by atoms with E-state index in [0.717, 1.165) is 28.8 Å². The van der Waals surface area contributed by atoms with Crippen LogP contribution in [0.5, 0.6) is 0 Å². The Labute approximate surface area is 88.4 Å². The van der Waals surface area contributed by atoms with Crippen LogP contribution in [0.1, 0.15) is 18.1 Å². The van der Waals surface area contributed by atoms with Crippen LogP contribution in [0.2, 0.25) is 0 Å². The summed E-state index contributed by atoms with van der Waals surface area (Å²) in [6.45, 7) is 1.96. The number of fused-ring (bicyclic) bond motifs is 1. The van der Waals surface area contributed by atoms with E-state index >= 15 is 0 Å². The lowest BCUT2D eigenvalue weighted by molar-refractivity contribution is -0.111. The normalized spacial score (nSPS) is 15.1. The van der Waals surface area contributed by atoms with Crippen LogP contribution in [-0.4, -0.2) is 11.0 Å². The molecule has 0 saturated carbocycles. The highest BCUT2D eigenvalue weighted by molar-refractivity contribution is 6.01. The Balaban J connectivity index is 2.44. The first-order valence-corrected chi connectivity index (χ1v) is 4.90. The van der Waals surface area contributed by atoms with Crippen LogP contribution >= 0.6 is 0 Å². The van der Waals surface area contributed by atoms with Crippen LogP contribution in [0.4, 0.5) is 5.69 Å². The van der Waals surface area contributed by atoms with Crippen LogP contribution in [-0.2, 0) is 17.8 Å². The van der Waals surface area contributed by atoms with E-state index in [4.69, 9.17) is 5.11 Å². The summed E-state index contributed by atoms with van der Waals surface area (Å²) >= 11 is 0. The van der Waals surface area contributed by atoms with Crippen molar-refractivity contribution in [2.75, 3.05) is 5.32 Å². The molecule has 1 aromatic carbocycles. The molecule has 1 heterocycles. The number of aliphatic hydroxyl groups is 1. The molecule has 1 aromatic rings. The summed E-state index contributed by atoms with van der Waals surface area (Å²) < 4.78 is 0. The fraction of sp³-hybridized carbons (Fsp3) is 0.250. The number of carbonyl (C=O) groups excluding carboxylic acids is 1. The van der Waals surface area contributed by atoms with Gasteiger partial charge in [-0.3, -0.25) is 4.79 Å². The Morgan fingerprint density at radius 3 is 3.00 bits per heavy atom. The van der Waals surface area contributed by atoms with E-state index in [2.05, 4.69) is 5.32 Å². The molecule has 1 aliphatic heterocycles. The minimum absolute atomic E-state index is 0.0317. The average Bonchev–Trinajstić information content (AvgIpc) is 2.33. The van der Waals surface area contributed by atoms with E-state index in [1.807, 2.05) is 25.1 Å². The number of allylic oxidation sites excluding steroid dienone is 1. The topological polar surface area (TPSA) is 49.3 Å². The molecular formula is C12H13NO2. The molecule has 0 aromatic heterocycles. The van der Waals surface area contributed by atoms with Crippen molar-refractivity contribution in [3.05, 3.63) is 41.0 Å². The molecule has 0 bridgehead atoms. The Kier molecular flexibility index (Phi) is 2.56. The van der Waals surface area contributed by atoms with Crippen molar-refractivity contribution in [1.82, 2.24) is 0 Å². The number of anilines is 1. The third-order valence-electron chi connectivity index (χ3n) is 2.46. The van der Waals surface area contributed by atoms with E-state index in [0.29, 0.717) is 0 Å². The first kappa shape index (κ1) is 9.93. The summed E-state index contributed by atoms with van der Waals surface area (Å²) in [5.74, 6) is -0.0806. The van der Waals surface area contributed by atoms with E-state index in [9.17, 15) is 4.79 Å². The zero-order valence-corrected chi connectivity index (χ0v) is 8.58. The van der Waals surface area contributed by atoms with Crippen molar-refractivity contribution >= 4 is 11.6 Å². The van der Waals surface area contributed by atoms with Crippen LogP contribution in [0.3, 0.4) is 0 Å². The molecule has 0 radical (unpaired) electrons. The predicted octanol–water partition coefficient (Wildman–Crippen LogP) is 1.62. The van der Waals surface area contributed by atoms with Gasteiger partial charge in [0, 0.05) is 11.8 Å². The number of carbonyl (C=O) groups is 1. The van der Waals surface area contributed by atoms with E-state index < -0.39 is 0 Å². The van der Waals surface area contributed by atoms with Gasteiger partial charge >= 0.3 is 0 Å². The number of hydrogen-bond acceptors (Lipinski definition) is 2. The highest BCUT2D eigenvalue weighted by atomic mass is 16.3. The number of benzene rings is 1. The molecular weight excluding hydrogens is 190 g/mol. The lowest BCUT2D eigenvalue weighted by Gasteiger charge is -2.08. The molecule has 78 valence electrons. The maximum atomic E-state index is 11.4. The van der Waals surface area contributed by atoms with Crippen molar-refractivity contribution in [3.63, 3.8) is 0 Å². The molecule has 0 aliphatic carbocycles. The fourth-order valence-electron chi connectivity index (χ4n) is 1.76. The smallest absolute Gasteiger partial charge is 0.248 e. The van der Waals surface area contributed by atoms with Crippen LogP contribution in [0.25, 0.3) is 0 Å². The highest BCUT2D eigenvalue weighted by Gasteiger charge is 2.11. The predicted molar refractivity (Wildman–Crippen MR) is 58.5 cm³/mol. The summed E-state index contributed by atoms with van der Waals surface area (Å²) in [4.78, 5) is 11.4. The van der Waals surface area contributed by atoms with Gasteiger partial charge in [0.05, 0.1) is 6.61 Å². The third-order valence-corrected chi connectivity index (χ3v) is 2.46. The molecule has 2 N–H and O–H groups in total. The van der Waals surface area contributed by atoms with Gasteiger partial charge in [0.1, 0.15) is 0 Å². The Morgan fingerprint density at radius 1 is 1.47 bits per heavy atom. The molecule has 1 amide bonds. The molecule has 0 fully saturated rings.